The van der Waals surface area contributed by atoms with Gasteiger partial charge in [0.1, 0.15) is 6.04 Å². The van der Waals surface area contributed by atoms with Gasteiger partial charge in [0.15, 0.2) is 0 Å². The minimum absolute atomic E-state index is 0.190. The van der Waals surface area contributed by atoms with E-state index < -0.39 is 17.1 Å². The van der Waals surface area contributed by atoms with E-state index in [0.717, 1.165) is 0 Å². The summed E-state index contributed by atoms with van der Waals surface area (Å²) in [7, 11) is 0. The van der Waals surface area contributed by atoms with Crippen molar-refractivity contribution in [3.63, 3.8) is 0 Å². The van der Waals surface area contributed by atoms with E-state index in [1.165, 1.54) is 0 Å². The molecule has 0 bridgehead atoms. The third-order valence-electron chi connectivity index (χ3n) is 0.514. The fourth-order valence-electron chi connectivity index (χ4n) is 0.0781. The van der Waals surface area contributed by atoms with Gasteiger partial charge in [-0.2, -0.15) is 12.6 Å². The van der Waals surface area contributed by atoms with Gasteiger partial charge in [0.2, 0.25) is 0 Å². The number of nitrogens with zero attached hydrogens (tertiary/aromatic N) is 1. The summed E-state index contributed by atoms with van der Waals surface area (Å²) >= 11 is 3.65. The molecule has 0 amide bonds. The van der Waals surface area contributed by atoms with Crippen LogP contribution >= 0.6 is 12.6 Å². The number of carboxylic acid groups (broad SMARTS) is 1. The van der Waals surface area contributed by atoms with Crippen molar-refractivity contribution < 1.29 is 20.2 Å². The maximum absolute atomic E-state index is 9.76. The standard InChI is InChI=1S/C3H7NO2S.HNO3/c4-2(1-7)3(5)6;2-1(3)4/h2,7H,1,4H2,(H,5,6);(H,2,3,4). The molecule has 7 nitrogen and oxygen atoms in total. The number of hydrogen-bond donors (Lipinski definition) is 4. The summed E-state index contributed by atoms with van der Waals surface area (Å²) in [4.78, 5) is 18.1. The SMILES string of the molecule is NC(CS)C(=O)O.O=[N+]([O-])O. The van der Waals surface area contributed by atoms with Gasteiger partial charge >= 0.3 is 5.97 Å². The average molecular weight is 184 g/mol. The molecule has 0 rings (SSSR count). The molecule has 0 aliphatic rings. The maximum atomic E-state index is 9.76. The molecule has 0 aliphatic carbocycles. The second-order valence-electron chi connectivity index (χ2n) is 1.37. The molecular formula is C3H8N2O5S. The highest BCUT2D eigenvalue weighted by Crippen LogP contribution is 1.80. The van der Waals surface area contributed by atoms with Gasteiger partial charge in [-0.3, -0.25) is 4.79 Å². The normalized spacial score (nSPS) is 10.7. The van der Waals surface area contributed by atoms with E-state index in [0.29, 0.717) is 0 Å². The zero-order valence-corrected chi connectivity index (χ0v) is 6.27. The topological polar surface area (TPSA) is 127 Å². The Hall–Kier alpha value is -1.02. The van der Waals surface area contributed by atoms with Crippen LogP contribution in [0, 0.1) is 10.1 Å². The first-order valence-electron chi connectivity index (χ1n) is 2.34. The smallest absolute Gasteiger partial charge is 0.321 e. The highest BCUT2D eigenvalue weighted by atomic mass is 32.1. The zero-order chi connectivity index (χ0) is 9.44. The minimum Gasteiger partial charge on any atom is -0.480 e. The molecule has 0 aromatic heterocycles. The van der Waals surface area contributed by atoms with Crippen molar-refractivity contribution in [2.45, 2.75) is 6.04 Å². The van der Waals surface area contributed by atoms with Crippen molar-refractivity contribution in [3.8, 4) is 0 Å². The lowest BCUT2D eigenvalue weighted by Crippen LogP contribution is -2.31. The van der Waals surface area contributed by atoms with Crippen LogP contribution in [0.15, 0.2) is 0 Å². The van der Waals surface area contributed by atoms with Crippen LogP contribution in [-0.2, 0) is 4.79 Å². The average Bonchev–Trinajstić information content (AvgIpc) is 1.85. The van der Waals surface area contributed by atoms with Crippen molar-refractivity contribution in [1.29, 1.82) is 0 Å². The molecule has 1 unspecified atom stereocenters. The Morgan fingerprint density at radius 1 is 1.82 bits per heavy atom. The second-order valence-corrected chi connectivity index (χ2v) is 1.73. The van der Waals surface area contributed by atoms with Crippen LogP contribution in [-0.4, -0.2) is 33.2 Å². The molecular weight excluding hydrogens is 176 g/mol. The molecule has 0 aliphatic heterocycles. The Kier molecular flexibility index (Phi) is 8.15. The first kappa shape index (κ1) is 12.6. The molecule has 1 atom stereocenters. The van der Waals surface area contributed by atoms with Gasteiger partial charge < -0.3 is 16.0 Å². The minimum atomic E-state index is -1.50. The number of hydrogen-bond acceptors (Lipinski definition) is 5. The molecule has 66 valence electrons. The second kappa shape index (κ2) is 7.09. The van der Waals surface area contributed by atoms with Gasteiger partial charge in [0.25, 0.3) is 5.09 Å². The molecule has 0 heterocycles. The fourth-order valence-corrected chi connectivity index (χ4v) is 0.234. The van der Waals surface area contributed by atoms with E-state index in [-0.39, 0.29) is 5.75 Å². The highest BCUT2D eigenvalue weighted by molar-refractivity contribution is 7.80. The summed E-state index contributed by atoms with van der Waals surface area (Å²) in [5, 5.41) is 21.6. The molecule has 0 fully saturated rings. The number of nitrogens with two attached hydrogens (primary N) is 1. The van der Waals surface area contributed by atoms with E-state index in [4.69, 9.17) is 26.2 Å². The molecule has 8 heteroatoms. The summed E-state index contributed by atoms with van der Waals surface area (Å²) in [5.74, 6) is -0.815. The lowest BCUT2D eigenvalue weighted by molar-refractivity contribution is -0.742. The van der Waals surface area contributed by atoms with Gasteiger partial charge in [0, 0.05) is 5.75 Å². The van der Waals surface area contributed by atoms with Gasteiger partial charge in [-0.15, -0.1) is 10.1 Å². The zero-order valence-electron chi connectivity index (χ0n) is 5.38. The van der Waals surface area contributed by atoms with Gasteiger partial charge in [0.05, 0.1) is 0 Å². The van der Waals surface area contributed by atoms with Crippen LogP contribution in [0.25, 0.3) is 0 Å². The largest absolute Gasteiger partial charge is 0.480 e. The first-order chi connectivity index (χ1) is 4.91. The lowest BCUT2D eigenvalue weighted by Gasteiger charge is -1.96. The predicted molar refractivity (Wildman–Crippen MR) is 38.2 cm³/mol. The van der Waals surface area contributed by atoms with Crippen molar-refractivity contribution in [2.75, 3.05) is 5.75 Å². The van der Waals surface area contributed by atoms with Crippen LogP contribution in [0.1, 0.15) is 0 Å². The van der Waals surface area contributed by atoms with Crippen molar-refractivity contribution >= 4 is 18.6 Å². The highest BCUT2D eigenvalue weighted by Gasteiger charge is 2.06. The summed E-state index contributed by atoms with van der Waals surface area (Å²) in [6.45, 7) is 0. The molecule has 0 saturated carbocycles. The molecule has 4 N–H and O–H groups in total. The number of rotatable bonds is 2. The third kappa shape index (κ3) is 17.6. The Morgan fingerprint density at radius 3 is 2.09 bits per heavy atom. The number of thiol groups is 1. The molecule has 11 heavy (non-hydrogen) atoms. The van der Waals surface area contributed by atoms with E-state index in [1.54, 1.807) is 0 Å². The molecule has 0 aromatic rings. The van der Waals surface area contributed by atoms with Gasteiger partial charge in [-0.1, -0.05) is 0 Å². The van der Waals surface area contributed by atoms with Crippen LogP contribution < -0.4 is 5.73 Å². The quantitative estimate of drug-likeness (QED) is 0.247. The van der Waals surface area contributed by atoms with Crippen LogP contribution in [0.5, 0.6) is 0 Å². The molecule has 0 aromatic carbocycles. The van der Waals surface area contributed by atoms with Crippen LogP contribution in [0.2, 0.25) is 0 Å². The summed E-state index contributed by atoms with van der Waals surface area (Å²) < 4.78 is 0. The van der Waals surface area contributed by atoms with E-state index in [1.807, 2.05) is 0 Å². The summed E-state index contributed by atoms with van der Waals surface area (Å²) in [6.07, 6.45) is 0. The Morgan fingerprint density at radius 2 is 2.09 bits per heavy atom. The van der Waals surface area contributed by atoms with E-state index in [9.17, 15) is 4.79 Å². The Bertz CT molecular complexity index is 136. The lowest BCUT2D eigenvalue weighted by atomic mass is 10.4. The number of aliphatic carboxylic acids is 1. The molecule has 0 saturated heterocycles. The summed E-state index contributed by atoms with van der Waals surface area (Å²) in [6, 6.07) is -0.816. The van der Waals surface area contributed by atoms with Gasteiger partial charge in [-0.25, -0.2) is 0 Å². The maximum Gasteiger partial charge on any atom is 0.321 e. The summed E-state index contributed by atoms with van der Waals surface area (Å²) in [5.41, 5.74) is 4.94. The predicted octanol–water partition coefficient (Wildman–Crippen LogP) is -1.02. The van der Waals surface area contributed by atoms with Crippen molar-refractivity contribution in [3.05, 3.63) is 10.1 Å². The Balaban J connectivity index is 0. The first-order valence-corrected chi connectivity index (χ1v) is 2.97. The van der Waals surface area contributed by atoms with Gasteiger partial charge in [-0.05, 0) is 0 Å². The monoisotopic (exact) mass is 184 g/mol. The van der Waals surface area contributed by atoms with Crippen LogP contribution in [0.4, 0.5) is 0 Å². The van der Waals surface area contributed by atoms with E-state index in [2.05, 4.69) is 12.6 Å². The van der Waals surface area contributed by atoms with E-state index >= 15 is 0 Å². The Labute approximate surface area is 67.3 Å². The third-order valence-corrected chi connectivity index (χ3v) is 0.907. The molecule has 0 spiro atoms. The number of carboxylic acids is 1. The van der Waals surface area contributed by atoms with Crippen molar-refractivity contribution in [2.24, 2.45) is 5.73 Å². The van der Waals surface area contributed by atoms with Crippen LogP contribution in [0.3, 0.4) is 0 Å². The fraction of sp³-hybridized carbons (Fsp3) is 0.667. The van der Waals surface area contributed by atoms with Crippen molar-refractivity contribution in [1.82, 2.24) is 0 Å². The number of carbonyl (C=O) groups is 1. The molecule has 0 radical (unpaired) electrons.